The number of benzene rings is 2. The lowest BCUT2D eigenvalue weighted by Crippen LogP contribution is -2.55. The minimum atomic E-state index is -0.653. The fraction of sp³-hybridized carbons (Fsp3) is 0.464. The van der Waals surface area contributed by atoms with Gasteiger partial charge in [-0.15, -0.1) is 0 Å². The molecule has 0 unspecified atom stereocenters. The van der Waals surface area contributed by atoms with Gasteiger partial charge in [0.2, 0.25) is 11.8 Å². The smallest absolute Gasteiger partial charge is 0.251 e. The van der Waals surface area contributed by atoms with Gasteiger partial charge in [0.05, 0.1) is 7.11 Å². The number of aryl methyl sites for hydroxylation is 1. The number of rotatable bonds is 10. The SMILES string of the molecule is CC[C@H](C)NC(=O)[C@@H](NC(=O)c1ccc(OC)cc1)C1CCN(C(=O)CCc2ccccc2)CC1. The van der Waals surface area contributed by atoms with Crippen molar-refractivity contribution in [3.8, 4) is 5.75 Å². The normalized spacial score (nSPS) is 15.7. The third kappa shape index (κ3) is 7.57. The number of nitrogens with one attached hydrogen (secondary N) is 2. The van der Waals surface area contributed by atoms with E-state index in [0.29, 0.717) is 43.7 Å². The van der Waals surface area contributed by atoms with Crippen molar-refractivity contribution in [1.82, 2.24) is 15.5 Å². The Morgan fingerprint density at radius 1 is 1.00 bits per heavy atom. The summed E-state index contributed by atoms with van der Waals surface area (Å²) in [4.78, 5) is 40.7. The molecule has 0 aromatic heterocycles. The molecule has 7 heteroatoms. The van der Waals surface area contributed by atoms with Crippen LogP contribution >= 0.6 is 0 Å². The second-order valence-corrected chi connectivity index (χ2v) is 9.20. The summed E-state index contributed by atoms with van der Waals surface area (Å²) < 4.78 is 5.16. The average molecular weight is 480 g/mol. The molecule has 2 N–H and O–H groups in total. The molecule has 1 aliphatic heterocycles. The molecular formula is C28H37N3O4. The van der Waals surface area contributed by atoms with E-state index in [1.54, 1.807) is 31.4 Å². The maximum atomic E-state index is 13.1. The minimum absolute atomic E-state index is 0.0162. The van der Waals surface area contributed by atoms with Crippen molar-refractivity contribution >= 4 is 17.7 Å². The molecule has 0 radical (unpaired) electrons. The molecule has 2 atom stereocenters. The summed E-state index contributed by atoms with van der Waals surface area (Å²) >= 11 is 0. The zero-order valence-corrected chi connectivity index (χ0v) is 21.0. The summed E-state index contributed by atoms with van der Waals surface area (Å²) in [6.45, 7) is 5.14. The molecule has 2 aromatic carbocycles. The Kier molecular flexibility index (Phi) is 9.70. The Morgan fingerprint density at radius 2 is 1.66 bits per heavy atom. The Bertz CT molecular complexity index is 969. The summed E-state index contributed by atoms with van der Waals surface area (Å²) in [7, 11) is 1.57. The molecule has 35 heavy (non-hydrogen) atoms. The van der Waals surface area contributed by atoms with Gasteiger partial charge < -0.3 is 20.3 Å². The van der Waals surface area contributed by atoms with Crippen LogP contribution < -0.4 is 15.4 Å². The first kappa shape index (κ1) is 26.3. The average Bonchev–Trinajstić information content (AvgIpc) is 2.90. The summed E-state index contributed by atoms with van der Waals surface area (Å²) in [6, 6.07) is 16.2. The third-order valence-corrected chi connectivity index (χ3v) is 6.76. The van der Waals surface area contributed by atoms with Crippen molar-refractivity contribution in [2.75, 3.05) is 20.2 Å². The molecule has 0 aliphatic carbocycles. The van der Waals surface area contributed by atoms with E-state index in [9.17, 15) is 14.4 Å². The summed E-state index contributed by atoms with van der Waals surface area (Å²) in [5, 5.41) is 5.99. The van der Waals surface area contributed by atoms with Crippen molar-refractivity contribution in [2.45, 2.75) is 58.0 Å². The molecule has 1 fully saturated rings. The van der Waals surface area contributed by atoms with Gasteiger partial charge in [0.15, 0.2) is 0 Å². The van der Waals surface area contributed by atoms with Crippen molar-refractivity contribution < 1.29 is 19.1 Å². The topological polar surface area (TPSA) is 87.7 Å². The lowest BCUT2D eigenvalue weighted by Gasteiger charge is -2.36. The number of piperidine rings is 1. The molecule has 1 aliphatic rings. The molecule has 1 heterocycles. The summed E-state index contributed by atoms with van der Waals surface area (Å²) in [5.74, 6) is 0.292. The third-order valence-electron chi connectivity index (χ3n) is 6.76. The standard InChI is InChI=1S/C28H37N3O4/c1-4-20(2)29-28(34)26(30-27(33)23-11-13-24(35-3)14-12-23)22-16-18-31(19-17-22)25(32)15-10-21-8-6-5-7-9-21/h5-9,11-14,20,22,26H,4,10,15-19H2,1-3H3,(H,29,34)(H,30,33)/t20-,26-/m0/s1. The highest BCUT2D eigenvalue weighted by atomic mass is 16.5. The van der Waals surface area contributed by atoms with Gasteiger partial charge in [0.25, 0.3) is 5.91 Å². The largest absolute Gasteiger partial charge is 0.497 e. The number of likely N-dealkylation sites (tertiary alicyclic amines) is 1. The first-order valence-corrected chi connectivity index (χ1v) is 12.5. The van der Waals surface area contributed by atoms with Gasteiger partial charge in [-0.1, -0.05) is 37.3 Å². The molecule has 0 saturated carbocycles. The maximum Gasteiger partial charge on any atom is 0.251 e. The predicted octanol–water partition coefficient (Wildman–Crippen LogP) is 3.58. The quantitative estimate of drug-likeness (QED) is 0.545. The number of carbonyl (C=O) groups is 3. The molecule has 3 rings (SSSR count). The molecule has 0 bridgehead atoms. The van der Waals surface area contributed by atoms with E-state index in [0.717, 1.165) is 18.4 Å². The number of nitrogens with zero attached hydrogens (tertiary/aromatic N) is 1. The zero-order valence-electron chi connectivity index (χ0n) is 21.0. The molecule has 188 valence electrons. The van der Waals surface area contributed by atoms with Gasteiger partial charge in [-0.2, -0.15) is 0 Å². The number of hydrogen-bond donors (Lipinski definition) is 2. The van der Waals surface area contributed by atoms with Gasteiger partial charge in [0, 0.05) is 31.1 Å². The Labute approximate surface area is 208 Å². The lowest BCUT2D eigenvalue weighted by atomic mass is 9.88. The molecule has 1 saturated heterocycles. The van der Waals surface area contributed by atoms with E-state index < -0.39 is 6.04 Å². The Morgan fingerprint density at radius 3 is 2.26 bits per heavy atom. The highest BCUT2D eigenvalue weighted by Crippen LogP contribution is 2.23. The van der Waals surface area contributed by atoms with E-state index in [1.807, 2.05) is 49.1 Å². The van der Waals surface area contributed by atoms with Crippen LogP contribution in [0.1, 0.15) is 55.5 Å². The number of amides is 3. The second-order valence-electron chi connectivity index (χ2n) is 9.20. The number of methoxy groups -OCH3 is 1. The lowest BCUT2D eigenvalue weighted by molar-refractivity contribution is -0.133. The van der Waals surface area contributed by atoms with Crippen LogP contribution in [0.5, 0.6) is 5.75 Å². The van der Waals surface area contributed by atoms with Crippen molar-refractivity contribution in [3.05, 3.63) is 65.7 Å². The van der Waals surface area contributed by atoms with Crippen molar-refractivity contribution in [1.29, 1.82) is 0 Å². The van der Waals surface area contributed by atoms with Crippen molar-refractivity contribution in [2.24, 2.45) is 5.92 Å². The van der Waals surface area contributed by atoms with Crippen LogP contribution in [0.4, 0.5) is 0 Å². The minimum Gasteiger partial charge on any atom is -0.497 e. The number of carbonyl (C=O) groups excluding carboxylic acids is 3. The summed E-state index contributed by atoms with van der Waals surface area (Å²) in [5.41, 5.74) is 1.62. The van der Waals surface area contributed by atoms with Gasteiger partial charge in [-0.3, -0.25) is 14.4 Å². The Balaban J connectivity index is 1.61. The monoisotopic (exact) mass is 479 g/mol. The van der Waals surface area contributed by atoms with Crippen LogP contribution in [-0.4, -0.2) is 54.9 Å². The molecule has 2 aromatic rings. The fourth-order valence-corrected chi connectivity index (χ4v) is 4.34. The number of hydrogen-bond acceptors (Lipinski definition) is 4. The van der Waals surface area contributed by atoms with Crippen LogP contribution in [-0.2, 0) is 16.0 Å². The zero-order chi connectivity index (χ0) is 25.2. The van der Waals surface area contributed by atoms with E-state index in [4.69, 9.17) is 4.74 Å². The second kappa shape index (κ2) is 12.9. The van der Waals surface area contributed by atoms with Crippen LogP contribution in [0.3, 0.4) is 0 Å². The highest BCUT2D eigenvalue weighted by Gasteiger charge is 2.34. The van der Waals surface area contributed by atoms with E-state index >= 15 is 0 Å². The van der Waals surface area contributed by atoms with Gasteiger partial charge in [-0.05, 0) is 68.4 Å². The van der Waals surface area contributed by atoms with Gasteiger partial charge in [-0.25, -0.2) is 0 Å². The summed E-state index contributed by atoms with van der Waals surface area (Å²) in [6.07, 6.45) is 3.33. The van der Waals surface area contributed by atoms with Gasteiger partial charge in [0.1, 0.15) is 11.8 Å². The first-order chi connectivity index (χ1) is 16.9. The van der Waals surface area contributed by atoms with E-state index in [2.05, 4.69) is 10.6 Å². The van der Waals surface area contributed by atoms with Crippen molar-refractivity contribution in [3.63, 3.8) is 0 Å². The van der Waals surface area contributed by atoms with Gasteiger partial charge >= 0.3 is 0 Å². The maximum absolute atomic E-state index is 13.1. The Hall–Kier alpha value is -3.35. The molecule has 3 amide bonds. The fourth-order valence-electron chi connectivity index (χ4n) is 4.34. The molecular weight excluding hydrogens is 442 g/mol. The van der Waals surface area contributed by atoms with E-state index in [-0.39, 0.29) is 29.7 Å². The highest BCUT2D eigenvalue weighted by molar-refractivity contribution is 5.97. The molecule has 7 nitrogen and oxygen atoms in total. The van der Waals surface area contributed by atoms with Crippen LogP contribution in [0.2, 0.25) is 0 Å². The van der Waals surface area contributed by atoms with E-state index in [1.165, 1.54) is 0 Å². The van der Waals surface area contributed by atoms with Crippen LogP contribution in [0, 0.1) is 5.92 Å². The van der Waals surface area contributed by atoms with Crippen LogP contribution in [0.15, 0.2) is 54.6 Å². The van der Waals surface area contributed by atoms with Crippen LogP contribution in [0.25, 0.3) is 0 Å². The number of ether oxygens (including phenoxy) is 1. The molecule has 0 spiro atoms. The predicted molar refractivity (Wildman–Crippen MR) is 136 cm³/mol. The first-order valence-electron chi connectivity index (χ1n) is 12.5.